The molecule has 1 N–H and O–H groups in total. The van der Waals surface area contributed by atoms with Crippen LogP contribution in [0.4, 0.5) is 4.39 Å². The van der Waals surface area contributed by atoms with Crippen LogP contribution in [-0.4, -0.2) is 51.3 Å². The van der Waals surface area contributed by atoms with Crippen molar-refractivity contribution in [2.24, 2.45) is 0 Å². The number of aromatic nitrogens is 2. The Hall–Kier alpha value is -3.66. The molecule has 1 aromatic heterocycles. The largest absolute Gasteiger partial charge is 0.478 e. The number of ether oxygens (including phenoxy) is 3. The SMILES string of the molecule is CC1(c2ccc(Cl)cc2F)Oc2cccc(C3CCN(Cc4nc5cc(C(=O)O)ccc5n4CC4CCO4)CC3)c2O1. The maximum Gasteiger partial charge on any atom is 0.335 e. The van der Waals surface area contributed by atoms with Gasteiger partial charge in [-0.2, -0.15) is 0 Å². The molecule has 10 heteroatoms. The molecule has 2 saturated heterocycles. The monoisotopic (exact) mass is 591 g/mol. The van der Waals surface area contributed by atoms with Crippen LogP contribution in [0, 0.1) is 5.82 Å². The van der Waals surface area contributed by atoms with Crippen LogP contribution in [0.5, 0.6) is 11.5 Å². The van der Waals surface area contributed by atoms with Crippen LogP contribution in [0.2, 0.25) is 5.02 Å². The quantitative estimate of drug-likeness (QED) is 0.268. The molecular weight excluding hydrogens is 561 g/mol. The maximum atomic E-state index is 14.8. The number of fused-ring (bicyclic) bond motifs is 2. The van der Waals surface area contributed by atoms with Gasteiger partial charge in [0.15, 0.2) is 11.5 Å². The number of nitrogens with zero attached hydrogens (tertiary/aromatic N) is 3. The first-order chi connectivity index (χ1) is 20.3. The number of piperidine rings is 1. The van der Waals surface area contributed by atoms with E-state index in [9.17, 15) is 14.3 Å². The highest BCUT2D eigenvalue weighted by molar-refractivity contribution is 6.30. The van der Waals surface area contributed by atoms with E-state index in [4.69, 9.17) is 30.8 Å². The molecule has 4 heterocycles. The Balaban J connectivity index is 1.08. The Morgan fingerprint density at radius 2 is 1.93 bits per heavy atom. The first-order valence-corrected chi connectivity index (χ1v) is 14.7. The normalized spacial score (nSPS) is 22.4. The van der Waals surface area contributed by atoms with E-state index in [0.717, 1.165) is 55.9 Å². The molecule has 7 rings (SSSR count). The molecule has 3 aliphatic rings. The van der Waals surface area contributed by atoms with Gasteiger partial charge in [0.25, 0.3) is 5.79 Å². The average molecular weight is 592 g/mol. The molecule has 3 aliphatic heterocycles. The van der Waals surface area contributed by atoms with E-state index in [0.29, 0.717) is 40.7 Å². The molecule has 0 amide bonds. The number of carboxylic acids is 1. The second-order valence-corrected chi connectivity index (χ2v) is 11.9. The van der Waals surface area contributed by atoms with Crippen molar-refractivity contribution in [1.82, 2.24) is 14.5 Å². The highest BCUT2D eigenvalue weighted by Crippen LogP contribution is 2.49. The summed E-state index contributed by atoms with van der Waals surface area (Å²) in [6.45, 7) is 5.59. The summed E-state index contributed by atoms with van der Waals surface area (Å²) in [4.78, 5) is 18.8. The summed E-state index contributed by atoms with van der Waals surface area (Å²) in [6, 6.07) is 15.5. The van der Waals surface area contributed by atoms with Gasteiger partial charge >= 0.3 is 5.97 Å². The number of hydrogen-bond donors (Lipinski definition) is 1. The van der Waals surface area contributed by atoms with Gasteiger partial charge < -0.3 is 23.9 Å². The Bertz CT molecular complexity index is 1680. The Morgan fingerprint density at radius 3 is 2.64 bits per heavy atom. The first-order valence-electron chi connectivity index (χ1n) is 14.3. The molecule has 2 unspecified atom stereocenters. The number of rotatable bonds is 7. The molecule has 0 saturated carbocycles. The van der Waals surface area contributed by atoms with Crippen molar-refractivity contribution in [3.05, 3.63) is 88.0 Å². The highest BCUT2D eigenvalue weighted by Gasteiger charge is 2.43. The molecular formula is C32H31ClFN3O5. The van der Waals surface area contributed by atoms with Gasteiger partial charge in [0.05, 0.1) is 41.4 Å². The van der Waals surface area contributed by atoms with E-state index in [1.165, 1.54) is 6.07 Å². The van der Waals surface area contributed by atoms with Crippen LogP contribution in [0.15, 0.2) is 54.6 Å². The zero-order valence-corrected chi connectivity index (χ0v) is 23.9. The Labute approximate surface area is 247 Å². The molecule has 3 aromatic carbocycles. The van der Waals surface area contributed by atoms with Gasteiger partial charge in [-0.15, -0.1) is 0 Å². The molecule has 42 heavy (non-hydrogen) atoms. The van der Waals surface area contributed by atoms with E-state index < -0.39 is 17.6 Å². The fourth-order valence-electron chi connectivity index (χ4n) is 6.31. The lowest BCUT2D eigenvalue weighted by molar-refractivity contribution is -0.0712. The number of hydrogen-bond acceptors (Lipinski definition) is 6. The number of carboxylic acid groups (broad SMARTS) is 1. The second-order valence-electron chi connectivity index (χ2n) is 11.4. The third kappa shape index (κ3) is 4.89. The first kappa shape index (κ1) is 27.2. The van der Waals surface area contributed by atoms with Gasteiger partial charge in [-0.05, 0) is 80.7 Å². The highest BCUT2D eigenvalue weighted by atomic mass is 35.5. The van der Waals surface area contributed by atoms with Gasteiger partial charge in [-0.3, -0.25) is 4.90 Å². The van der Waals surface area contributed by atoms with Crippen molar-refractivity contribution in [3.8, 4) is 11.5 Å². The molecule has 4 aromatic rings. The predicted molar refractivity (Wildman–Crippen MR) is 155 cm³/mol. The number of halogens is 2. The Kier molecular flexibility index (Phi) is 6.84. The summed E-state index contributed by atoms with van der Waals surface area (Å²) in [5, 5.41) is 9.78. The minimum absolute atomic E-state index is 0.153. The van der Waals surface area contributed by atoms with Crippen molar-refractivity contribution in [2.45, 2.75) is 57.1 Å². The lowest BCUT2D eigenvalue weighted by atomic mass is 9.88. The average Bonchev–Trinajstić information content (AvgIpc) is 3.47. The summed E-state index contributed by atoms with van der Waals surface area (Å²) in [7, 11) is 0. The van der Waals surface area contributed by atoms with Gasteiger partial charge in [0.1, 0.15) is 11.6 Å². The fourth-order valence-corrected chi connectivity index (χ4v) is 6.47. The molecule has 0 spiro atoms. The van der Waals surface area contributed by atoms with Crippen LogP contribution in [0.25, 0.3) is 11.0 Å². The maximum absolute atomic E-state index is 14.8. The molecule has 8 nitrogen and oxygen atoms in total. The minimum Gasteiger partial charge on any atom is -0.478 e. The topological polar surface area (TPSA) is 86.1 Å². The van der Waals surface area contributed by atoms with E-state index in [2.05, 4.69) is 15.5 Å². The number of likely N-dealkylation sites (tertiary alicyclic amines) is 1. The number of aromatic carboxylic acids is 1. The summed E-state index contributed by atoms with van der Waals surface area (Å²) in [5.41, 5.74) is 3.22. The number of benzene rings is 3. The van der Waals surface area contributed by atoms with Crippen LogP contribution in [-0.2, 0) is 23.6 Å². The van der Waals surface area contributed by atoms with Gasteiger partial charge in [0, 0.05) is 24.1 Å². The van der Waals surface area contributed by atoms with Crippen LogP contribution >= 0.6 is 11.6 Å². The molecule has 0 aliphatic carbocycles. The van der Waals surface area contributed by atoms with Gasteiger partial charge in [-0.25, -0.2) is 14.2 Å². The summed E-state index contributed by atoms with van der Waals surface area (Å²) >= 11 is 5.97. The standard InChI is InChI=1S/C32H31ClFN3O5/c1-32(24-7-6-21(33)16-25(24)34)41-28-4-2-3-23(30(28)42-32)19-9-12-36(13-10-19)18-29-35-26-15-20(31(38)39)5-8-27(26)37(29)17-22-11-14-40-22/h2-8,15-16,19,22H,9-14,17-18H2,1H3,(H,38,39). The van der Waals surface area contributed by atoms with Crippen molar-refractivity contribution < 1.29 is 28.5 Å². The predicted octanol–water partition coefficient (Wildman–Crippen LogP) is 6.34. The number of imidazole rings is 1. The zero-order valence-electron chi connectivity index (χ0n) is 23.2. The van der Waals surface area contributed by atoms with Gasteiger partial charge in [0.2, 0.25) is 0 Å². The summed E-state index contributed by atoms with van der Waals surface area (Å²) < 4.78 is 35.2. The van der Waals surface area contributed by atoms with Crippen LogP contribution in [0.1, 0.15) is 59.4 Å². The van der Waals surface area contributed by atoms with E-state index in [1.54, 1.807) is 31.2 Å². The molecule has 0 bridgehead atoms. The third-order valence-corrected chi connectivity index (χ3v) is 8.91. The van der Waals surface area contributed by atoms with Crippen molar-refractivity contribution in [2.75, 3.05) is 19.7 Å². The lowest BCUT2D eigenvalue weighted by Crippen LogP contribution is -2.35. The van der Waals surface area contributed by atoms with Gasteiger partial charge in [-0.1, -0.05) is 23.7 Å². The van der Waals surface area contributed by atoms with Crippen molar-refractivity contribution in [1.29, 1.82) is 0 Å². The lowest BCUT2D eigenvalue weighted by Gasteiger charge is -2.33. The van der Waals surface area contributed by atoms with Crippen LogP contribution < -0.4 is 9.47 Å². The smallest absolute Gasteiger partial charge is 0.335 e. The van der Waals surface area contributed by atoms with Crippen LogP contribution in [0.3, 0.4) is 0 Å². The van der Waals surface area contributed by atoms with E-state index >= 15 is 0 Å². The van der Waals surface area contributed by atoms with E-state index in [1.807, 2.05) is 18.2 Å². The second kappa shape index (κ2) is 10.6. The Morgan fingerprint density at radius 1 is 1.12 bits per heavy atom. The number of carbonyl (C=O) groups is 1. The fraction of sp³-hybridized carbons (Fsp3) is 0.375. The summed E-state index contributed by atoms with van der Waals surface area (Å²) in [5.74, 6) is -0.252. The molecule has 2 atom stereocenters. The van der Waals surface area contributed by atoms with Crippen molar-refractivity contribution in [3.63, 3.8) is 0 Å². The minimum atomic E-state index is -1.28. The summed E-state index contributed by atoms with van der Waals surface area (Å²) in [6.07, 6.45) is 3.00. The number of para-hydroxylation sites is 1. The van der Waals surface area contributed by atoms with Crippen molar-refractivity contribution >= 4 is 28.6 Å². The zero-order chi connectivity index (χ0) is 29.0. The third-order valence-electron chi connectivity index (χ3n) is 8.68. The molecule has 218 valence electrons. The molecule has 2 fully saturated rings. The van der Waals surface area contributed by atoms with E-state index in [-0.39, 0.29) is 17.6 Å². The molecule has 0 radical (unpaired) electrons.